The molecule has 0 aromatic heterocycles. The summed E-state index contributed by atoms with van der Waals surface area (Å²) in [6.45, 7) is 6.70. The van der Waals surface area contributed by atoms with E-state index in [1.807, 2.05) is 6.92 Å². The molecule has 1 unspecified atom stereocenters. The van der Waals surface area contributed by atoms with Gasteiger partial charge in [-0.3, -0.25) is 4.79 Å². The smallest absolute Gasteiger partial charge is 0.312 e. The molecule has 3 nitrogen and oxygen atoms in total. The van der Waals surface area contributed by atoms with Gasteiger partial charge in [0.2, 0.25) is 0 Å². The maximum Gasteiger partial charge on any atom is 0.312 e. The lowest BCUT2D eigenvalue weighted by atomic mass is 9.82. The van der Waals surface area contributed by atoms with Gasteiger partial charge >= 0.3 is 5.97 Å². The zero-order valence-electron chi connectivity index (χ0n) is 15.6. The van der Waals surface area contributed by atoms with Gasteiger partial charge in [0.25, 0.3) is 0 Å². The van der Waals surface area contributed by atoms with Crippen molar-refractivity contribution < 1.29 is 27.7 Å². The van der Waals surface area contributed by atoms with E-state index in [4.69, 9.17) is 4.74 Å². The quantitative estimate of drug-likeness (QED) is 0.594. The number of rotatable bonds is 11. The Morgan fingerprint density at radius 1 is 1.08 bits per heavy atom. The van der Waals surface area contributed by atoms with E-state index >= 15 is 0 Å². The maximum atomic E-state index is 12.0. The first-order valence-corrected chi connectivity index (χ1v) is 9.12. The van der Waals surface area contributed by atoms with Crippen molar-refractivity contribution in [1.82, 2.24) is 0 Å². The zero-order valence-corrected chi connectivity index (χ0v) is 16.3. The molecule has 3 N–H and O–H groups in total. The summed E-state index contributed by atoms with van der Waals surface area (Å²) in [5.74, 6) is -0.121. The van der Waals surface area contributed by atoms with Crippen LogP contribution in [0.3, 0.4) is 0 Å². The fraction of sp³-hybridized carbons (Fsp3) is 0.650. The van der Waals surface area contributed by atoms with Crippen LogP contribution in [-0.4, -0.2) is 18.1 Å². The van der Waals surface area contributed by atoms with Crippen molar-refractivity contribution in [3.05, 3.63) is 35.4 Å². The molecule has 24 heavy (non-hydrogen) atoms. The van der Waals surface area contributed by atoms with Crippen LogP contribution in [0.2, 0.25) is 0 Å². The molecular formula is C20H34ClNO2. The number of hydrogen-bond acceptors (Lipinski definition) is 2. The summed E-state index contributed by atoms with van der Waals surface area (Å²) in [7, 11) is 0. The highest BCUT2D eigenvalue weighted by molar-refractivity contribution is 5.70. The monoisotopic (exact) mass is 355 g/mol. The van der Waals surface area contributed by atoms with E-state index in [2.05, 4.69) is 43.8 Å². The third-order valence-corrected chi connectivity index (χ3v) is 4.37. The number of esters is 1. The number of hydrogen-bond donors (Lipinski definition) is 1. The van der Waals surface area contributed by atoms with Crippen LogP contribution >= 0.6 is 0 Å². The van der Waals surface area contributed by atoms with E-state index in [0.717, 1.165) is 32.1 Å². The summed E-state index contributed by atoms with van der Waals surface area (Å²) in [4.78, 5) is 12.0. The number of unbranched alkanes of at least 4 members (excludes halogenated alkanes) is 2. The first-order chi connectivity index (χ1) is 11.0. The molecule has 0 aliphatic rings. The van der Waals surface area contributed by atoms with Gasteiger partial charge in [-0.25, -0.2) is 0 Å². The van der Waals surface area contributed by atoms with Crippen LogP contribution < -0.4 is 18.1 Å². The van der Waals surface area contributed by atoms with Gasteiger partial charge in [0, 0.05) is 12.8 Å². The Kier molecular flexibility index (Phi) is 11.8. The van der Waals surface area contributed by atoms with Crippen molar-refractivity contribution in [2.75, 3.05) is 6.61 Å². The topological polar surface area (TPSA) is 53.9 Å². The van der Waals surface area contributed by atoms with Crippen LogP contribution in [0.25, 0.3) is 0 Å². The summed E-state index contributed by atoms with van der Waals surface area (Å²) in [6, 6.07) is 8.61. The average Bonchev–Trinajstić information content (AvgIpc) is 2.52. The highest BCUT2D eigenvalue weighted by Crippen LogP contribution is 2.23. The van der Waals surface area contributed by atoms with Gasteiger partial charge in [-0.1, -0.05) is 51.0 Å². The van der Waals surface area contributed by atoms with Crippen molar-refractivity contribution >= 4 is 5.97 Å². The van der Waals surface area contributed by atoms with E-state index in [-0.39, 0.29) is 23.9 Å². The summed E-state index contributed by atoms with van der Waals surface area (Å²) in [6.07, 6.45) is 7.95. The molecule has 0 saturated carbocycles. The second kappa shape index (κ2) is 12.3. The fourth-order valence-corrected chi connectivity index (χ4v) is 3.05. The summed E-state index contributed by atoms with van der Waals surface area (Å²) >= 11 is 0. The minimum Gasteiger partial charge on any atom is -1.00 e. The van der Waals surface area contributed by atoms with Gasteiger partial charge in [0.15, 0.2) is 0 Å². The largest absolute Gasteiger partial charge is 1.00 e. The third-order valence-electron chi connectivity index (χ3n) is 4.37. The Hall–Kier alpha value is -1.06. The van der Waals surface area contributed by atoms with Gasteiger partial charge in [-0.2, -0.15) is 0 Å². The van der Waals surface area contributed by atoms with Crippen LogP contribution in [0, 0.1) is 0 Å². The second-order valence-electron chi connectivity index (χ2n) is 6.63. The predicted octanol–water partition coefficient (Wildman–Crippen LogP) is 0.700. The first kappa shape index (κ1) is 22.9. The summed E-state index contributed by atoms with van der Waals surface area (Å²) < 4.78 is 5.17. The molecule has 0 aliphatic heterocycles. The molecule has 0 amide bonds. The van der Waals surface area contributed by atoms with Gasteiger partial charge in [-0.05, 0) is 37.3 Å². The summed E-state index contributed by atoms with van der Waals surface area (Å²) in [5, 5.41) is 0. The summed E-state index contributed by atoms with van der Waals surface area (Å²) in [5.41, 5.74) is 6.93. The molecular weight excluding hydrogens is 322 g/mol. The lowest BCUT2D eigenvalue weighted by molar-refractivity contribution is -0.479. The highest BCUT2D eigenvalue weighted by Gasteiger charge is 2.33. The number of carbonyl (C=O) groups excluding carboxylic acids is 1. The second-order valence-corrected chi connectivity index (χ2v) is 6.63. The van der Waals surface area contributed by atoms with Crippen molar-refractivity contribution in [3.8, 4) is 0 Å². The molecule has 0 aliphatic carbocycles. The van der Waals surface area contributed by atoms with E-state index in [1.54, 1.807) is 0 Å². The number of ether oxygens (including phenoxy) is 1. The Morgan fingerprint density at radius 3 is 2.29 bits per heavy atom. The third kappa shape index (κ3) is 8.16. The van der Waals surface area contributed by atoms with Crippen molar-refractivity contribution in [2.24, 2.45) is 0 Å². The van der Waals surface area contributed by atoms with Gasteiger partial charge in [0.05, 0.1) is 6.61 Å². The number of quaternary nitrogens is 1. The number of aryl methyl sites for hydroxylation is 1. The SMILES string of the molecule is CCCCc1ccccc1CC([NH3+])(CCCC)CC(=O)OCC.[Cl-]. The van der Waals surface area contributed by atoms with Crippen molar-refractivity contribution in [2.45, 2.75) is 77.7 Å². The molecule has 0 saturated heterocycles. The number of benzene rings is 1. The van der Waals surface area contributed by atoms with Crippen LogP contribution in [0.1, 0.15) is 70.4 Å². The number of carbonyl (C=O) groups is 1. The van der Waals surface area contributed by atoms with E-state index in [0.29, 0.717) is 13.0 Å². The van der Waals surface area contributed by atoms with Crippen LogP contribution in [0.5, 0.6) is 0 Å². The molecule has 0 fully saturated rings. The predicted molar refractivity (Wildman–Crippen MR) is 95.2 cm³/mol. The molecule has 1 atom stereocenters. The molecule has 0 radical (unpaired) electrons. The Bertz CT molecular complexity index is 478. The lowest BCUT2D eigenvalue weighted by Crippen LogP contribution is -3.00. The van der Waals surface area contributed by atoms with Gasteiger partial charge in [0.1, 0.15) is 12.0 Å². The van der Waals surface area contributed by atoms with Gasteiger partial charge in [-0.15, -0.1) is 0 Å². The van der Waals surface area contributed by atoms with E-state index in [1.165, 1.54) is 24.0 Å². The molecule has 4 heteroatoms. The first-order valence-electron chi connectivity index (χ1n) is 9.12. The minimum atomic E-state index is -0.259. The van der Waals surface area contributed by atoms with Crippen molar-refractivity contribution in [1.29, 1.82) is 0 Å². The zero-order chi connectivity index (χ0) is 17.1. The molecule has 1 aromatic carbocycles. The van der Waals surface area contributed by atoms with E-state index < -0.39 is 0 Å². The molecule has 1 rings (SSSR count). The van der Waals surface area contributed by atoms with Crippen LogP contribution in [0.4, 0.5) is 0 Å². The van der Waals surface area contributed by atoms with Crippen molar-refractivity contribution in [3.63, 3.8) is 0 Å². The number of halogens is 1. The van der Waals surface area contributed by atoms with E-state index in [9.17, 15) is 4.79 Å². The fourth-order valence-electron chi connectivity index (χ4n) is 3.05. The van der Waals surface area contributed by atoms with Gasteiger partial charge < -0.3 is 22.9 Å². The normalized spacial score (nSPS) is 13.0. The molecule has 0 heterocycles. The average molecular weight is 356 g/mol. The van der Waals surface area contributed by atoms with Crippen LogP contribution in [-0.2, 0) is 22.4 Å². The Morgan fingerprint density at radius 2 is 1.71 bits per heavy atom. The molecule has 0 bridgehead atoms. The maximum absolute atomic E-state index is 12.0. The molecule has 0 spiro atoms. The lowest BCUT2D eigenvalue weighted by Gasteiger charge is -2.26. The van der Waals surface area contributed by atoms with Crippen LogP contribution in [0.15, 0.2) is 24.3 Å². The highest BCUT2D eigenvalue weighted by atomic mass is 35.5. The Labute approximate surface area is 153 Å². The Balaban J connectivity index is 0.00000529. The molecule has 138 valence electrons. The molecule has 1 aromatic rings. The minimum absolute atomic E-state index is 0. The standard InChI is InChI=1S/C20H33NO2.ClH/c1-4-7-11-17-12-9-10-13-18(17)15-20(21,14-8-5-2)16-19(22)23-6-3;/h9-10,12-13H,4-8,11,14-16,21H2,1-3H3;1H.